The molecule has 0 bridgehead atoms. The molecule has 1 aromatic carbocycles. The topological polar surface area (TPSA) is 167 Å². The van der Waals surface area contributed by atoms with Gasteiger partial charge in [0.25, 0.3) is 11.8 Å². The molecule has 1 saturated carbocycles. The average Bonchev–Trinajstić information content (AvgIpc) is 3.55. The molecular weight excluding hydrogens is 561 g/mol. The molecule has 1 aliphatic carbocycles. The van der Waals surface area contributed by atoms with E-state index in [0.29, 0.717) is 58.2 Å². The Morgan fingerprint density at radius 3 is 2.51 bits per heavy atom. The largest absolute Gasteiger partial charge is 0.380 e. The van der Waals surface area contributed by atoms with Crippen molar-refractivity contribution in [2.45, 2.75) is 57.7 Å². The van der Waals surface area contributed by atoms with Gasteiger partial charge in [0.15, 0.2) is 5.82 Å². The van der Waals surface area contributed by atoms with Crippen LogP contribution in [0.25, 0.3) is 0 Å². The number of nitriles is 1. The maximum Gasteiger partial charge on any atom is 0.262 e. The maximum atomic E-state index is 15.5. The summed E-state index contributed by atoms with van der Waals surface area (Å²) in [4.78, 5) is 55.2. The van der Waals surface area contributed by atoms with Crippen molar-refractivity contribution in [1.29, 1.82) is 5.26 Å². The van der Waals surface area contributed by atoms with Crippen LogP contribution in [-0.2, 0) is 20.9 Å². The van der Waals surface area contributed by atoms with E-state index in [2.05, 4.69) is 31.8 Å². The van der Waals surface area contributed by atoms with Gasteiger partial charge in [-0.3, -0.25) is 34.3 Å². The minimum Gasteiger partial charge on any atom is -0.380 e. The molecular formula is C28H32FN9O5. The van der Waals surface area contributed by atoms with Gasteiger partial charge in [-0.05, 0) is 48.7 Å². The standard InChI is InChI=1S/C28H32FN9O5/c1-2-43-14-13-37-24(32-33-34-37)23(28(5-6-28)7-8-30)36-11-9-35(10-12-36)21-16-18-17(15-19(21)29)26(41)38(27(18)42)20-3-4-22(39)31-25(20)40/h15-16,20,23H,2-7,9-14H2,1H3,(H,31,39,40). The van der Waals surface area contributed by atoms with Crippen molar-refractivity contribution in [2.24, 2.45) is 5.41 Å². The molecule has 4 aliphatic rings. The molecule has 3 aliphatic heterocycles. The highest BCUT2D eigenvalue weighted by Gasteiger charge is 2.54. The molecule has 226 valence electrons. The highest BCUT2D eigenvalue weighted by Crippen LogP contribution is 2.59. The Balaban J connectivity index is 1.21. The van der Waals surface area contributed by atoms with Gasteiger partial charge in [-0.1, -0.05) is 0 Å². The highest BCUT2D eigenvalue weighted by molar-refractivity contribution is 6.23. The van der Waals surface area contributed by atoms with Gasteiger partial charge < -0.3 is 9.64 Å². The van der Waals surface area contributed by atoms with E-state index >= 15 is 4.39 Å². The fourth-order valence-electron chi connectivity index (χ4n) is 6.49. The summed E-state index contributed by atoms with van der Waals surface area (Å²) >= 11 is 0. The van der Waals surface area contributed by atoms with E-state index in [1.807, 2.05) is 11.8 Å². The van der Waals surface area contributed by atoms with E-state index in [1.165, 1.54) is 6.07 Å². The summed E-state index contributed by atoms with van der Waals surface area (Å²) in [7, 11) is 0. The summed E-state index contributed by atoms with van der Waals surface area (Å²) in [5.41, 5.74) is -0.132. The molecule has 1 N–H and O–H groups in total. The van der Waals surface area contributed by atoms with Crippen LogP contribution in [-0.4, -0.2) is 99.1 Å². The van der Waals surface area contributed by atoms with Crippen molar-refractivity contribution >= 4 is 29.3 Å². The number of benzene rings is 1. The number of hydrogen-bond acceptors (Lipinski definition) is 11. The van der Waals surface area contributed by atoms with E-state index in [-0.39, 0.29) is 41.1 Å². The molecule has 6 rings (SSSR count). The van der Waals surface area contributed by atoms with Gasteiger partial charge in [0.1, 0.15) is 11.9 Å². The number of imide groups is 2. The third-order valence-electron chi connectivity index (χ3n) is 8.89. The molecule has 14 nitrogen and oxygen atoms in total. The van der Waals surface area contributed by atoms with Crippen molar-refractivity contribution in [3.05, 3.63) is 34.9 Å². The molecule has 2 unspecified atom stereocenters. The molecule has 1 aromatic heterocycles. The Labute approximate surface area is 246 Å². The van der Waals surface area contributed by atoms with Crippen molar-refractivity contribution < 1.29 is 28.3 Å². The van der Waals surface area contributed by atoms with Crippen LogP contribution in [0.3, 0.4) is 0 Å². The van der Waals surface area contributed by atoms with Crippen LogP contribution in [0.4, 0.5) is 10.1 Å². The monoisotopic (exact) mass is 593 g/mol. The summed E-state index contributed by atoms with van der Waals surface area (Å²) < 4.78 is 22.7. The minimum atomic E-state index is -1.12. The van der Waals surface area contributed by atoms with Crippen LogP contribution in [0.2, 0.25) is 0 Å². The lowest BCUT2D eigenvalue weighted by Gasteiger charge is -2.42. The smallest absolute Gasteiger partial charge is 0.262 e. The summed E-state index contributed by atoms with van der Waals surface area (Å²) in [5.74, 6) is -2.57. The number of hydrogen-bond donors (Lipinski definition) is 1. The van der Waals surface area contributed by atoms with Crippen molar-refractivity contribution in [1.82, 2.24) is 35.3 Å². The summed E-state index contributed by atoms with van der Waals surface area (Å²) in [6.45, 7) is 5.35. The fraction of sp³-hybridized carbons (Fsp3) is 0.571. The molecule has 4 heterocycles. The first-order valence-corrected chi connectivity index (χ1v) is 14.5. The van der Waals surface area contributed by atoms with Crippen LogP contribution >= 0.6 is 0 Å². The number of tetrazole rings is 1. The van der Waals surface area contributed by atoms with Crippen molar-refractivity contribution in [3.63, 3.8) is 0 Å². The number of nitrogens with zero attached hydrogens (tertiary/aromatic N) is 8. The first-order chi connectivity index (χ1) is 20.8. The lowest BCUT2D eigenvalue weighted by molar-refractivity contribution is -0.136. The van der Waals surface area contributed by atoms with Gasteiger partial charge in [-0.2, -0.15) is 5.26 Å². The zero-order chi connectivity index (χ0) is 30.3. The second-order valence-electron chi connectivity index (χ2n) is 11.4. The predicted octanol–water partition coefficient (Wildman–Crippen LogP) is 0.807. The fourth-order valence-corrected chi connectivity index (χ4v) is 6.49. The van der Waals surface area contributed by atoms with E-state index in [0.717, 1.165) is 23.8 Å². The summed E-state index contributed by atoms with van der Waals surface area (Å²) in [6.07, 6.45) is 2.15. The molecule has 43 heavy (non-hydrogen) atoms. The number of carbonyl (C=O) groups excluding carboxylic acids is 4. The molecule has 3 fully saturated rings. The number of carbonyl (C=O) groups is 4. The number of piperazine rings is 1. The first kappa shape index (κ1) is 28.8. The van der Waals surface area contributed by atoms with Crippen LogP contribution in [0.15, 0.2) is 12.1 Å². The number of fused-ring (bicyclic) bond motifs is 1. The number of aromatic nitrogens is 4. The Morgan fingerprint density at radius 1 is 1.14 bits per heavy atom. The molecule has 15 heteroatoms. The van der Waals surface area contributed by atoms with Gasteiger partial charge in [-0.25, -0.2) is 9.07 Å². The Morgan fingerprint density at radius 2 is 1.86 bits per heavy atom. The molecule has 4 amide bonds. The van der Waals surface area contributed by atoms with E-state index in [9.17, 15) is 24.4 Å². The lowest BCUT2D eigenvalue weighted by Crippen LogP contribution is -2.54. The zero-order valence-corrected chi connectivity index (χ0v) is 23.8. The third-order valence-corrected chi connectivity index (χ3v) is 8.89. The van der Waals surface area contributed by atoms with Gasteiger partial charge in [0.2, 0.25) is 11.8 Å². The number of anilines is 1. The number of amides is 4. The van der Waals surface area contributed by atoms with E-state index in [4.69, 9.17) is 4.74 Å². The molecule has 0 spiro atoms. The molecule has 2 atom stereocenters. The van der Waals surface area contributed by atoms with E-state index in [1.54, 1.807) is 4.68 Å². The van der Waals surface area contributed by atoms with Crippen molar-refractivity contribution in [2.75, 3.05) is 44.3 Å². The number of ether oxygens (including phenoxy) is 1. The molecule has 0 radical (unpaired) electrons. The van der Waals surface area contributed by atoms with Crippen LogP contribution < -0.4 is 10.2 Å². The average molecular weight is 594 g/mol. The third kappa shape index (κ3) is 5.14. The predicted molar refractivity (Wildman–Crippen MR) is 146 cm³/mol. The summed E-state index contributed by atoms with van der Waals surface area (Å²) in [5, 5.41) is 24.2. The Hall–Kier alpha value is -4.29. The zero-order valence-electron chi connectivity index (χ0n) is 23.8. The van der Waals surface area contributed by atoms with Gasteiger partial charge in [-0.15, -0.1) is 5.10 Å². The lowest BCUT2D eigenvalue weighted by atomic mass is 9.90. The van der Waals surface area contributed by atoms with Crippen molar-refractivity contribution in [3.8, 4) is 6.07 Å². The van der Waals surface area contributed by atoms with Gasteiger partial charge in [0, 0.05) is 51.0 Å². The van der Waals surface area contributed by atoms with Crippen LogP contribution in [0, 0.1) is 22.6 Å². The normalized spacial score (nSPS) is 22.4. The molecule has 2 aromatic rings. The minimum absolute atomic E-state index is 0.00321. The number of rotatable bonds is 10. The number of halogens is 1. The van der Waals surface area contributed by atoms with Gasteiger partial charge in [0.05, 0.1) is 42.1 Å². The molecule has 2 saturated heterocycles. The Kier molecular flexibility index (Phi) is 7.65. The summed E-state index contributed by atoms with van der Waals surface area (Å²) in [6, 6.07) is 3.46. The Bertz CT molecular complexity index is 1510. The quantitative estimate of drug-likeness (QED) is 0.306. The first-order valence-electron chi connectivity index (χ1n) is 14.5. The van der Waals surface area contributed by atoms with Crippen LogP contribution in [0.1, 0.15) is 71.6 Å². The number of piperidine rings is 1. The van der Waals surface area contributed by atoms with Gasteiger partial charge >= 0.3 is 0 Å². The second-order valence-corrected chi connectivity index (χ2v) is 11.4. The van der Waals surface area contributed by atoms with E-state index < -0.39 is 35.5 Å². The second kappa shape index (κ2) is 11.4. The highest BCUT2D eigenvalue weighted by atomic mass is 19.1. The van der Waals surface area contributed by atoms with Crippen LogP contribution in [0.5, 0.6) is 0 Å². The SMILES string of the molecule is CCOCCn1nnnc1C(N1CCN(c2cc3c(cc2F)C(=O)N(C2CCC(=O)NC2=O)C3=O)CC1)C1(CC#N)CC1. The number of nitrogens with one attached hydrogen (secondary N) is 1. The maximum absolute atomic E-state index is 15.5.